The maximum atomic E-state index is 10.1. The molecule has 2 N–H and O–H groups in total. The second kappa shape index (κ2) is 5.56. The number of fused-ring (bicyclic) bond motifs is 2. The van der Waals surface area contributed by atoms with Crippen LogP contribution in [0, 0.1) is 20.9 Å². The Morgan fingerprint density at radius 3 is 2.53 bits per heavy atom. The van der Waals surface area contributed by atoms with Gasteiger partial charge in [0.1, 0.15) is 0 Å². The van der Waals surface area contributed by atoms with Gasteiger partial charge in [0, 0.05) is 5.54 Å². The van der Waals surface area contributed by atoms with Crippen LogP contribution in [-0.4, -0.2) is 17.2 Å². The highest BCUT2D eigenvalue weighted by atomic mass is 79.9. The zero-order valence-corrected chi connectivity index (χ0v) is 13.5. The first kappa shape index (κ1) is 16.7. The van der Waals surface area contributed by atoms with Gasteiger partial charge in [0.05, 0.1) is 6.61 Å². The molecule has 0 aromatic heterocycles. The summed E-state index contributed by atoms with van der Waals surface area (Å²) in [6.07, 6.45) is 7.44. The lowest BCUT2D eigenvalue weighted by atomic mass is 9.60. The van der Waals surface area contributed by atoms with E-state index in [1.807, 2.05) is 0 Å². The molecule has 2 fully saturated rings. The summed E-state index contributed by atoms with van der Waals surface area (Å²) in [4.78, 5) is 14.5. The Labute approximate surface area is 125 Å². The van der Waals surface area contributed by atoms with E-state index in [1.54, 1.807) is 0 Å². The molecular formula is C13H25BrN2O3. The van der Waals surface area contributed by atoms with Crippen molar-refractivity contribution in [3.05, 3.63) is 10.1 Å². The van der Waals surface area contributed by atoms with Crippen molar-refractivity contribution in [2.45, 2.75) is 64.3 Å². The van der Waals surface area contributed by atoms with Crippen LogP contribution in [-0.2, 0) is 4.84 Å². The Morgan fingerprint density at radius 2 is 1.95 bits per heavy atom. The van der Waals surface area contributed by atoms with Gasteiger partial charge in [-0.1, -0.05) is 13.8 Å². The van der Waals surface area contributed by atoms with Crippen molar-refractivity contribution in [2.75, 3.05) is 6.61 Å². The third-order valence-corrected chi connectivity index (χ3v) is 4.76. The van der Waals surface area contributed by atoms with E-state index in [0.29, 0.717) is 5.41 Å². The predicted octanol–water partition coefficient (Wildman–Crippen LogP) is 3.24. The van der Waals surface area contributed by atoms with Gasteiger partial charge in [-0.15, -0.1) is 27.1 Å². The summed E-state index contributed by atoms with van der Waals surface area (Å²) >= 11 is 0. The van der Waals surface area contributed by atoms with Crippen LogP contribution in [0.1, 0.15) is 58.8 Å². The molecule has 2 aliphatic rings. The highest BCUT2D eigenvalue weighted by Gasteiger charge is 2.53. The highest BCUT2D eigenvalue weighted by Crippen LogP contribution is 2.59. The molecule has 0 radical (unpaired) electrons. The predicted molar refractivity (Wildman–Crippen MR) is 78.7 cm³/mol. The first-order valence-corrected chi connectivity index (χ1v) is 6.81. The molecule has 6 heteroatoms. The minimum absolute atomic E-state index is 0. The molecule has 0 heterocycles. The Morgan fingerprint density at radius 1 is 1.26 bits per heavy atom. The quantitative estimate of drug-likeness (QED) is 0.474. The van der Waals surface area contributed by atoms with E-state index in [9.17, 15) is 10.1 Å². The average Bonchev–Trinajstić information content (AvgIpc) is 2.43. The first-order valence-electron chi connectivity index (χ1n) is 6.81. The molecule has 2 bridgehead atoms. The van der Waals surface area contributed by atoms with E-state index >= 15 is 0 Å². The Kier molecular flexibility index (Phi) is 4.88. The van der Waals surface area contributed by atoms with Gasteiger partial charge in [0.2, 0.25) is 0 Å². The molecule has 0 aliphatic heterocycles. The van der Waals surface area contributed by atoms with Gasteiger partial charge in [-0.2, -0.15) is 0 Å². The molecule has 112 valence electrons. The van der Waals surface area contributed by atoms with Crippen molar-refractivity contribution in [3.8, 4) is 0 Å². The number of nitrogens with two attached hydrogens (primary N) is 1. The number of nitrogens with zero attached hydrogens (tertiary/aromatic N) is 1. The van der Waals surface area contributed by atoms with Crippen LogP contribution in [0.25, 0.3) is 0 Å². The van der Waals surface area contributed by atoms with Crippen LogP contribution >= 0.6 is 17.0 Å². The molecule has 3 unspecified atom stereocenters. The SMILES string of the molecule is Br.CC1(CCCO[N+](=O)[O-])CC2(C)CCC(N)(C1)C2. The fourth-order valence-electron chi connectivity index (χ4n) is 4.64. The summed E-state index contributed by atoms with van der Waals surface area (Å²) in [6.45, 7) is 4.83. The van der Waals surface area contributed by atoms with E-state index in [4.69, 9.17) is 5.73 Å². The third kappa shape index (κ3) is 4.05. The first-order chi connectivity index (χ1) is 8.24. The lowest BCUT2D eigenvalue weighted by Crippen LogP contribution is -2.47. The Bertz CT molecular complexity index is 335. The molecule has 0 amide bonds. The monoisotopic (exact) mass is 336 g/mol. The summed E-state index contributed by atoms with van der Waals surface area (Å²) in [6, 6.07) is 0. The van der Waals surface area contributed by atoms with E-state index in [-0.39, 0.29) is 34.5 Å². The van der Waals surface area contributed by atoms with E-state index in [0.717, 1.165) is 32.1 Å². The molecule has 2 rings (SSSR count). The van der Waals surface area contributed by atoms with Gasteiger partial charge >= 0.3 is 0 Å². The average molecular weight is 337 g/mol. The number of hydrogen-bond acceptors (Lipinski definition) is 4. The van der Waals surface area contributed by atoms with Crippen molar-refractivity contribution in [1.29, 1.82) is 0 Å². The summed E-state index contributed by atoms with van der Waals surface area (Å²) in [7, 11) is 0. The molecule has 0 aromatic carbocycles. The normalized spacial score (nSPS) is 40.6. The van der Waals surface area contributed by atoms with Gasteiger partial charge in [-0.25, -0.2) is 0 Å². The number of halogens is 1. The van der Waals surface area contributed by atoms with Crippen molar-refractivity contribution >= 4 is 17.0 Å². The minimum Gasteiger partial charge on any atom is -0.325 e. The summed E-state index contributed by atoms with van der Waals surface area (Å²) in [5, 5.41) is 9.40. The van der Waals surface area contributed by atoms with Crippen LogP contribution in [0.4, 0.5) is 0 Å². The van der Waals surface area contributed by atoms with Crippen LogP contribution in [0.2, 0.25) is 0 Å². The van der Waals surface area contributed by atoms with E-state index in [2.05, 4.69) is 18.7 Å². The lowest BCUT2D eigenvalue weighted by molar-refractivity contribution is -0.757. The van der Waals surface area contributed by atoms with Gasteiger partial charge in [0.15, 0.2) is 0 Å². The second-order valence-electron chi connectivity index (χ2n) is 7.17. The van der Waals surface area contributed by atoms with Gasteiger partial charge in [-0.3, -0.25) is 0 Å². The smallest absolute Gasteiger partial charge is 0.294 e. The molecular weight excluding hydrogens is 312 g/mol. The molecule has 5 nitrogen and oxygen atoms in total. The van der Waals surface area contributed by atoms with Gasteiger partial charge in [-0.05, 0) is 55.8 Å². The topological polar surface area (TPSA) is 78.4 Å². The molecule has 2 saturated carbocycles. The molecule has 19 heavy (non-hydrogen) atoms. The molecule has 0 saturated heterocycles. The van der Waals surface area contributed by atoms with Gasteiger partial charge < -0.3 is 10.6 Å². The fourth-order valence-corrected chi connectivity index (χ4v) is 4.64. The summed E-state index contributed by atoms with van der Waals surface area (Å²) < 4.78 is 0. The van der Waals surface area contributed by atoms with Crippen LogP contribution in [0.3, 0.4) is 0 Å². The van der Waals surface area contributed by atoms with Crippen molar-refractivity contribution in [1.82, 2.24) is 0 Å². The standard InChI is InChI=1S/C13H24N2O3.BrH/c1-11(4-3-7-18-15(16)17)8-12(2)5-6-13(14,9-11)10-12;/h3-10,14H2,1-2H3;1H. The summed E-state index contributed by atoms with van der Waals surface area (Å²) in [5.41, 5.74) is 7.08. The Balaban J connectivity index is 0.00000180. The van der Waals surface area contributed by atoms with Crippen molar-refractivity contribution < 1.29 is 9.92 Å². The maximum absolute atomic E-state index is 10.1. The number of hydrogen-bond donors (Lipinski definition) is 1. The summed E-state index contributed by atoms with van der Waals surface area (Å²) in [5.74, 6) is 0. The van der Waals surface area contributed by atoms with Crippen LogP contribution < -0.4 is 5.73 Å². The Hall–Kier alpha value is -0.360. The lowest BCUT2D eigenvalue weighted by Gasteiger charge is -2.47. The van der Waals surface area contributed by atoms with Crippen molar-refractivity contribution in [2.24, 2.45) is 16.6 Å². The highest BCUT2D eigenvalue weighted by molar-refractivity contribution is 8.93. The van der Waals surface area contributed by atoms with Crippen LogP contribution in [0.5, 0.6) is 0 Å². The molecule has 0 aromatic rings. The second-order valence-corrected chi connectivity index (χ2v) is 7.17. The van der Waals surface area contributed by atoms with Gasteiger partial charge in [0.25, 0.3) is 5.09 Å². The number of rotatable bonds is 5. The zero-order valence-electron chi connectivity index (χ0n) is 11.8. The van der Waals surface area contributed by atoms with E-state index in [1.165, 1.54) is 12.8 Å². The maximum Gasteiger partial charge on any atom is 0.294 e. The minimum atomic E-state index is -0.710. The largest absolute Gasteiger partial charge is 0.325 e. The molecule has 3 atom stereocenters. The molecule has 0 spiro atoms. The fraction of sp³-hybridized carbons (Fsp3) is 1.00. The van der Waals surface area contributed by atoms with Crippen LogP contribution in [0.15, 0.2) is 0 Å². The zero-order chi connectivity index (χ0) is 13.4. The van der Waals surface area contributed by atoms with E-state index < -0.39 is 5.09 Å². The molecule has 2 aliphatic carbocycles. The van der Waals surface area contributed by atoms with Crippen molar-refractivity contribution in [3.63, 3.8) is 0 Å². The third-order valence-electron chi connectivity index (χ3n) is 4.76.